The van der Waals surface area contributed by atoms with Crippen molar-refractivity contribution in [1.82, 2.24) is 5.32 Å². The van der Waals surface area contributed by atoms with Gasteiger partial charge in [-0.2, -0.15) is 0 Å². The van der Waals surface area contributed by atoms with Gasteiger partial charge in [0.05, 0.1) is 17.3 Å². The second kappa shape index (κ2) is 9.55. The molecule has 0 aliphatic heterocycles. The SMILES string of the molecule is CCCOc1ccc(CNC(=O)CCS(=O)(=O)c2ccc(C)cc2)c(C)c1. The Morgan fingerprint density at radius 3 is 2.41 bits per heavy atom. The van der Waals surface area contributed by atoms with Gasteiger partial charge in [-0.1, -0.05) is 30.7 Å². The third-order valence-electron chi connectivity index (χ3n) is 4.24. The molecule has 0 aliphatic carbocycles. The van der Waals surface area contributed by atoms with E-state index in [1.165, 1.54) is 0 Å². The van der Waals surface area contributed by atoms with E-state index < -0.39 is 9.84 Å². The number of nitrogens with one attached hydrogen (secondary N) is 1. The Kier molecular flexibility index (Phi) is 7.42. The summed E-state index contributed by atoms with van der Waals surface area (Å²) in [5.41, 5.74) is 3.00. The number of ether oxygens (including phenoxy) is 1. The van der Waals surface area contributed by atoms with E-state index in [0.29, 0.717) is 13.2 Å². The smallest absolute Gasteiger partial charge is 0.221 e. The van der Waals surface area contributed by atoms with Gasteiger partial charge in [0.1, 0.15) is 5.75 Å². The van der Waals surface area contributed by atoms with Crippen molar-refractivity contribution in [2.75, 3.05) is 12.4 Å². The Bertz CT molecular complexity index is 874. The second-order valence-corrected chi connectivity index (χ2v) is 8.70. The van der Waals surface area contributed by atoms with E-state index in [4.69, 9.17) is 4.74 Å². The van der Waals surface area contributed by atoms with Gasteiger partial charge in [0.25, 0.3) is 0 Å². The van der Waals surface area contributed by atoms with Crippen molar-refractivity contribution >= 4 is 15.7 Å². The van der Waals surface area contributed by atoms with Gasteiger partial charge in [0.2, 0.25) is 5.91 Å². The molecule has 2 rings (SSSR count). The zero-order valence-electron chi connectivity index (χ0n) is 16.1. The fourth-order valence-electron chi connectivity index (χ4n) is 2.55. The molecule has 27 heavy (non-hydrogen) atoms. The number of rotatable bonds is 9. The summed E-state index contributed by atoms with van der Waals surface area (Å²) in [5, 5.41) is 2.79. The van der Waals surface area contributed by atoms with Crippen LogP contribution in [0.1, 0.15) is 36.5 Å². The van der Waals surface area contributed by atoms with Crippen molar-refractivity contribution in [3.63, 3.8) is 0 Å². The van der Waals surface area contributed by atoms with Crippen LogP contribution < -0.4 is 10.1 Å². The Hall–Kier alpha value is -2.34. The number of carbonyl (C=O) groups excluding carboxylic acids is 1. The van der Waals surface area contributed by atoms with Gasteiger partial charge >= 0.3 is 0 Å². The van der Waals surface area contributed by atoms with Crippen molar-refractivity contribution in [2.45, 2.75) is 45.1 Å². The molecular formula is C21H27NO4S. The molecule has 1 amide bonds. The van der Waals surface area contributed by atoms with Crippen LogP contribution in [0.4, 0.5) is 0 Å². The number of amides is 1. The number of aryl methyl sites for hydroxylation is 2. The van der Waals surface area contributed by atoms with E-state index >= 15 is 0 Å². The molecule has 0 saturated heterocycles. The van der Waals surface area contributed by atoms with Crippen molar-refractivity contribution in [3.05, 3.63) is 59.2 Å². The Labute approximate surface area is 161 Å². The maximum atomic E-state index is 12.3. The number of hydrogen-bond donors (Lipinski definition) is 1. The first-order valence-electron chi connectivity index (χ1n) is 9.10. The molecule has 0 unspecified atom stereocenters. The molecule has 0 fully saturated rings. The first-order chi connectivity index (χ1) is 12.8. The minimum Gasteiger partial charge on any atom is -0.494 e. The number of carbonyl (C=O) groups is 1. The fraction of sp³-hybridized carbons (Fsp3) is 0.381. The molecule has 0 aliphatic rings. The minimum absolute atomic E-state index is 0.0625. The van der Waals surface area contributed by atoms with E-state index in [1.807, 2.05) is 32.0 Å². The predicted octanol–water partition coefficient (Wildman–Crippen LogP) is 3.57. The first kappa shape index (κ1) is 21.0. The van der Waals surface area contributed by atoms with E-state index in [9.17, 15) is 13.2 Å². The summed E-state index contributed by atoms with van der Waals surface area (Å²) in [6.45, 7) is 6.94. The van der Waals surface area contributed by atoms with Crippen molar-refractivity contribution < 1.29 is 17.9 Å². The summed E-state index contributed by atoms with van der Waals surface area (Å²) in [7, 11) is -3.46. The standard InChI is InChI=1S/C21H27NO4S/c1-4-12-26-19-8-7-18(17(3)14-19)15-22-21(23)11-13-27(24,25)20-9-5-16(2)6-10-20/h5-10,14H,4,11-13,15H2,1-3H3,(H,22,23). The molecule has 0 aromatic heterocycles. The van der Waals surface area contributed by atoms with Crippen LogP contribution in [0.5, 0.6) is 5.75 Å². The van der Waals surface area contributed by atoms with Crippen LogP contribution >= 0.6 is 0 Å². The van der Waals surface area contributed by atoms with E-state index in [-0.39, 0.29) is 23.0 Å². The Morgan fingerprint density at radius 1 is 1.07 bits per heavy atom. The zero-order chi connectivity index (χ0) is 19.9. The highest BCUT2D eigenvalue weighted by Gasteiger charge is 2.16. The second-order valence-electron chi connectivity index (χ2n) is 6.60. The Morgan fingerprint density at radius 2 is 1.78 bits per heavy atom. The Balaban J connectivity index is 1.86. The molecule has 146 valence electrons. The average molecular weight is 390 g/mol. The van der Waals surface area contributed by atoms with E-state index in [0.717, 1.165) is 28.9 Å². The molecule has 2 aromatic carbocycles. The molecular weight excluding hydrogens is 362 g/mol. The maximum Gasteiger partial charge on any atom is 0.221 e. The summed E-state index contributed by atoms with van der Waals surface area (Å²) in [5.74, 6) is 0.329. The normalized spacial score (nSPS) is 11.2. The van der Waals surface area contributed by atoms with E-state index in [1.54, 1.807) is 24.3 Å². The molecule has 0 spiro atoms. The summed E-state index contributed by atoms with van der Waals surface area (Å²) in [6, 6.07) is 12.4. The minimum atomic E-state index is -3.46. The lowest BCUT2D eigenvalue weighted by Crippen LogP contribution is -2.25. The van der Waals surface area contributed by atoms with Crippen LogP contribution in [-0.2, 0) is 21.2 Å². The molecule has 0 saturated carbocycles. The molecule has 5 nitrogen and oxygen atoms in total. The molecule has 2 aromatic rings. The highest BCUT2D eigenvalue weighted by Crippen LogP contribution is 2.18. The third-order valence-corrected chi connectivity index (χ3v) is 5.97. The van der Waals surface area contributed by atoms with Crippen molar-refractivity contribution in [1.29, 1.82) is 0 Å². The van der Waals surface area contributed by atoms with Crippen molar-refractivity contribution in [2.24, 2.45) is 0 Å². The lowest BCUT2D eigenvalue weighted by Gasteiger charge is -2.11. The van der Waals surface area contributed by atoms with Crippen LogP contribution in [-0.4, -0.2) is 26.7 Å². The van der Waals surface area contributed by atoms with Crippen LogP contribution in [0.2, 0.25) is 0 Å². The monoisotopic (exact) mass is 389 g/mol. The largest absolute Gasteiger partial charge is 0.494 e. The zero-order valence-corrected chi connectivity index (χ0v) is 16.9. The first-order valence-corrected chi connectivity index (χ1v) is 10.8. The summed E-state index contributed by atoms with van der Waals surface area (Å²) in [6.07, 6.45) is 0.884. The topological polar surface area (TPSA) is 72.5 Å². The quantitative estimate of drug-likeness (QED) is 0.712. The van der Waals surface area contributed by atoms with Gasteiger partial charge in [0, 0.05) is 13.0 Å². The molecule has 0 atom stereocenters. The van der Waals surface area contributed by atoms with Crippen LogP contribution in [0.15, 0.2) is 47.4 Å². The third kappa shape index (κ3) is 6.40. The van der Waals surface area contributed by atoms with Gasteiger partial charge in [-0.05, 0) is 55.7 Å². The van der Waals surface area contributed by atoms with Gasteiger partial charge in [-0.3, -0.25) is 4.79 Å². The highest BCUT2D eigenvalue weighted by molar-refractivity contribution is 7.91. The lowest BCUT2D eigenvalue weighted by atomic mass is 10.1. The molecule has 6 heteroatoms. The van der Waals surface area contributed by atoms with E-state index in [2.05, 4.69) is 12.2 Å². The molecule has 1 N–H and O–H groups in total. The van der Waals surface area contributed by atoms with Gasteiger partial charge < -0.3 is 10.1 Å². The van der Waals surface area contributed by atoms with Gasteiger partial charge in [-0.25, -0.2) is 8.42 Å². The van der Waals surface area contributed by atoms with Gasteiger partial charge in [0.15, 0.2) is 9.84 Å². The van der Waals surface area contributed by atoms with Gasteiger partial charge in [-0.15, -0.1) is 0 Å². The van der Waals surface area contributed by atoms with Crippen LogP contribution in [0, 0.1) is 13.8 Å². The predicted molar refractivity (Wildman–Crippen MR) is 107 cm³/mol. The fourth-order valence-corrected chi connectivity index (χ4v) is 3.79. The molecule has 0 heterocycles. The number of benzene rings is 2. The highest BCUT2D eigenvalue weighted by atomic mass is 32.2. The summed E-state index contributed by atoms with van der Waals surface area (Å²) >= 11 is 0. The number of sulfone groups is 1. The molecule has 0 bridgehead atoms. The van der Waals surface area contributed by atoms with Crippen LogP contribution in [0.3, 0.4) is 0 Å². The molecule has 0 radical (unpaired) electrons. The summed E-state index contributed by atoms with van der Waals surface area (Å²) in [4.78, 5) is 12.3. The maximum absolute atomic E-state index is 12.3. The van der Waals surface area contributed by atoms with Crippen LogP contribution in [0.25, 0.3) is 0 Å². The number of hydrogen-bond acceptors (Lipinski definition) is 4. The summed E-state index contributed by atoms with van der Waals surface area (Å²) < 4.78 is 30.2. The lowest BCUT2D eigenvalue weighted by molar-refractivity contribution is -0.120. The van der Waals surface area contributed by atoms with Crippen molar-refractivity contribution in [3.8, 4) is 5.75 Å². The average Bonchev–Trinajstić information content (AvgIpc) is 2.64.